The second-order valence-electron chi connectivity index (χ2n) is 7.40. The van der Waals surface area contributed by atoms with Crippen LogP contribution in [0.4, 0.5) is 0 Å². The summed E-state index contributed by atoms with van der Waals surface area (Å²) < 4.78 is 16.1. The zero-order valence-electron chi connectivity index (χ0n) is 17.6. The number of likely N-dealkylation sites (tertiary alicyclic amines) is 1. The van der Waals surface area contributed by atoms with Crippen molar-refractivity contribution in [2.75, 3.05) is 27.9 Å². The van der Waals surface area contributed by atoms with Gasteiger partial charge in [-0.15, -0.1) is 0 Å². The number of carbonyl (C=O) groups is 1. The van der Waals surface area contributed by atoms with Crippen molar-refractivity contribution in [3.05, 3.63) is 53.6 Å². The summed E-state index contributed by atoms with van der Waals surface area (Å²) in [6, 6.07) is 14.0. The number of nitrogens with zero attached hydrogens (tertiary/aromatic N) is 1. The maximum Gasteiger partial charge on any atom is 0.223 e. The van der Waals surface area contributed by atoms with Gasteiger partial charge in [-0.05, 0) is 60.7 Å². The molecule has 5 heteroatoms. The van der Waals surface area contributed by atoms with Gasteiger partial charge in [-0.3, -0.25) is 4.79 Å². The van der Waals surface area contributed by atoms with Crippen LogP contribution in [-0.4, -0.2) is 38.7 Å². The van der Waals surface area contributed by atoms with Crippen LogP contribution in [0, 0.1) is 0 Å². The zero-order valence-corrected chi connectivity index (χ0v) is 17.6. The van der Waals surface area contributed by atoms with Gasteiger partial charge in [0.25, 0.3) is 0 Å². The highest BCUT2D eigenvalue weighted by molar-refractivity contribution is 5.77. The Kier molecular flexibility index (Phi) is 7.39. The highest BCUT2D eigenvalue weighted by Gasteiger charge is 2.26. The smallest absolute Gasteiger partial charge is 0.223 e. The van der Waals surface area contributed by atoms with Crippen molar-refractivity contribution in [3.63, 3.8) is 0 Å². The molecule has 5 nitrogen and oxygen atoms in total. The van der Waals surface area contributed by atoms with Crippen LogP contribution in [-0.2, 0) is 11.2 Å². The molecule has 2 aromatic carbocycles. The molecule has 1 atom stereocenters. The molecule has 1 amide bonds. The largest absolute Gasteiger partial charge is 0.497 e. The summed E-state index contributed by atoms with van der Waals surface area (Å²) in [5.74, 6) is 2.60. The van der Waals surface area contributed by atoms with Crippen LogP contribution in [0.1, 0.15) is 49.3 Å². The molecule has 0 saturated carbocycles. The van der Waals surface area contributed by atoms with Crippen molar-refractivity contribution < 1.29 is 19.0 Å². The minimum Gasteiger partial charge on any atom is -0.497 e. The summed E-state index contributed by atoms with van der Waals surface area (Å²) in [5, 5.41) is 0. The van der Waals surface area contributed by atoms with Gasteiger partial charge in [0.15, 0.2) is 0 Å². The molecule has 2 aromatic rings. The molecule has 0 spiro atoms. The lowest BCUT2D eigenvalue weighted by molar-refractivity contribution is -0.133. The summed E-state index contributed by atoms with van der Waals surface area (Å²) >= 11 is 0. The molecular weight excluding hydrogens is 366 g/mol. The number of hydrogen-bond acceptors (Lipinski definition) is 4. The Labute approximate surface area is 173 Å². The lowest BCUT2D eigenvalue weighted by atomic mass is 9.99. The average Bonchev–Trinajstić information content (AvgIpc) is 3.03. The lowest BCUT2D eigenvalue weighted by Gasteiger charge is -2.31. The van der Waals surface area contributed by atoms with Crippen LogP contribution in [0.25, 0.3) is 0 Å². The molecule has 1 heterocycles. The zero-order chi connectivity index (χ0) is 20.6. The van der Waals surface area contributed by atoms with Gasteiger partial charge in [0.05, 0.1) is 27.4 Å². The molecule has 29 heavy (non-hydrogen) atoms. The van der Waals surface area contributed by atoms with Crippen molar-refractivity contribution in [3.8, 4) is 17.2 Å². The van der Waals surface area contributed by atoms with E-state index in [9.17, 15) is 4.79 Å². The summed E-state index contributed by atoms with van der Waals surface area (Å²) in [7, 11) is 4.97. The fraction of sp³-hybridized carbons (Fsp3) is 0.458. The first kappa shape index (κ1) is 21.0. The third-order valence-corrected chi connectivity index (χ3v) is 5.67. The van der Waals surface area contributed by atoms with E-state index in [1.807, 2.05) is 30.3 Å². The Morgan fingerprint density at radius 3 is 2.34 bits per heavy atom. The molecule has 3 rings (SSSR count). The molecule has 0 unspecified atom stereocenters. The van der Waals surface area contributed by atoms with E-state index in [0.29, 0.717) is 12.8 Å². The van der Waals surface area contributed by atoms with E-state index < -0.39 is 0 Å². The number of aryl methyl sites for hydroxylation is 1. The van der Waals surface area contributed by atoms with Gasteiger partial charge >= 0.3 is 0 Å². The number of hydrogen-bond donors (Lipinski definition) is 0. The third-order valence-electron chi connectivity index (χ3n) is 5.67. The molecule has 0 bridgehead atoms. The van der Waals surface area contributed by atoms with E-state index >= 15 is 0 Å². The topological polar surface area (TPSA) is 48.0 Å². The summed E-state index contributed by atoms with van der Waals surface area (Å²) in [5.41, 5.74) is 2.18. The van der Waals surface area contributed by atoms with Gasteiger partial charge in [0, 0.05) is 13.0 Å². The molecule has 1 aliphatic rings. The Morgan fingerprint density at radius 2 is 1.66 bits per heavy atom. The number of carbonyl (C=O) groups excluding carboxylic acids is 1. The number of amides is 1. The summed E-state index contributed by atoms with van der Waals surface area (Å²) in [6.45, 7) is 0.810. The first-order valence-electron chi connectivity index (χ1n) is 10.3. The molecule has 1 fully saturated rings. The maximum atomic E-state index is 13.2. The van der Waals surface area contributed by atoms with Crippen LogP contribution in [0.3, 0.4) is 0 Å². The van der Waals surface area contributed by atoms with Crippen LogP contribution >= 0.6 is 0 Å². The molecule has 0 aromatic heterocycles. The fourth-order valence-corrected chi connectivity index (χ4v) is 4.04. The molecule has 1 saturated heterocycles. The predicted molar refractivity (Wildman–Crippen MR) is 114 cm³/mol. The van der Waals surface area contributed by atoms with Crippen LogP contribution < -0.4 is 14.2 Å². The maximum absolute atomic E-state index is 13.2. The second kappa shape index (κ2) is 10.2. The standard InChI is InChI=1S/C24H31NO4/c1-27-20-11-8-18(9-12-20)22-7-5-4-6-16-25(22)24(26)15-10-19-17-21(28-2)13-14-23(19)29-3/h8-9,11-14,17,22H,4-7,10,15-16H2,1-3H3/t22-/m0/s1. The van der Waals surface area contributed by atoms with Gasteiger partial charge in [0.1, 0.15) is 17.2 Å². The normalized spacial score (nSPS) is 16.8. The van der Waals surface area contributed by atoms with Crippen molar-refractivity contribution in [1.82, 2.24) is 4.90 Å². The number of rotatable bonds is 7. The molecule has 0 N–H and O–H groups in total. The number of ether oxygens (including phenoxy) is 3. The Balaban J connectivity index is 1.74. The predicted octanol–water partition coefficient (Wildman–Crippen LogP) is 4.79. The molecule has 1 aliphatic heterocycles. The summed E-state index contributed by atoms with van der Waals surface area (Å²) in [4.78, 5) is 15.3. The van der Waals surface area contributed by atoms with Gasteiger partial charge < -0.3 is 19.1 Å². The SMILES string of the molecule is COc1ccc([C@@H]2CCCCCN2C(=O)CCc2cc(OC)ccc2OC)cc1. The monoisotopic (exact) mass is 397 g/mol. The van der Waals surface area contributed by atoms with Gasteiger partial charge in [0.2, 0.25) is 5.91 Å². The highest BCUT2D eigenvalue weighted by atomic mass is 16.5. The highest BCUT2D eigenvalue weighted by Crippen LogP contribution is 2.32. The Hall–Kier alpha value is -2.69. The number of benzene rings is 2. The second-order valence-corrected chi connectivity index (χ2v) is 7.40. The molecule has 0 radical (unpaired) electrons. The van der Waals surface area contributed by atoms with Gasteiger partial charge in [-0.2, -0.15) is 0 Å². The van der Waals surface area contributed by atoms with E-state index in [4.69, 9.17) is 14.2 Å². The van der Waals surface area contributed by atoms with Gasteiger partial charge in [-0.25, -0.2) is 0 Å². The average molecular weight is 398 g/mol. The van der Waals surface area contributed by atoms with Crippen LogP contribution in [0.15, 0.2) is 42.5 Å². The Morgan fingerprint density at radius 1 is 0.931 bits per heavy atom. The first-order chi connectivity index (χ1) is 14.2. The molecular formula is C24H31NO4. The van der Waals surface area contributed by atoms with Crippen molar-refractivity contribution in [2.45, 2.75) is 44.6 Å². The number of methoxy groups -OCH3 is 3. The van der Waals surface area contributed by atoms with Gasteiger partial charge in [-0.1, -0.05) is 25.0 Å². The molecule has 156 valence electrons. The summed E-state index contributed by atoms with van der Waals surface area (Å²) in [6.07, 6.45) is 5.45. The van der Waals surface area contributed by atoms with E-state index in [0.717, 1.165) is 48.6 Å². The lowest BCUT2D eigenvalue weighted by Crippen LogP contribution is -2.35. The van der Waals surface area contributed by atoms with E-state index in [1.165, 1.54) is 12.0 Å². The first-order valence-corrected chi connectivity index (χ1v) is 10.3. The minimum absolute atomic E-state index is 0.128. The van der Waals surface area contributed by atoms with E-state index in [1.54, 1.807) is 21.3 Å². The van der Waals surface area contributed by atoms with Crippen molar-refractivity contribution in [1.29, 1.82) is 0 Å². The van der Waals surface area contributed by atoms with E-state index in [-0.39, 0.29) is 11.9 Å². The third kappa shape index (κ3) is 5.22. The minimum atomic E-state index is 0.128. The quantitative estimate of drug-likeness (QED) is 0.674. The molecule has 0 aliphatic carbocycles. The van der Waals surface area contributed by atoms with Crippen molar-refractivity contribution >= 4 is 5.91 Å². The van der Waals surface area contributed by atoms with E-state index in [2.05, 4.69) is 17.0 Å². The fourth-order valence-electron chi connectivity index (χ4n) is 4.04. The van der Waals surface area contributed by atoms with Crippen molar-refractivity contribution in [2.24, 2.45) is 0 Å². The Bertz CT molecular complexity index is 803. The van der Waals surface area contributed by atoms with Crippen LogP contribution in [0.5, 0.6) is 17.2 Å². The van der Waals surface area contributed by atoms with Crippen LogP contribution in [0.2, 0.25) is 0 Å².